The molecule has 0 aromatic carbocycles. The van der Waals surface area contributed by atoms with Crippen LogP contribution in [0.25, 0.3) is 0 Å². The van der Waals surface area contributed by atoms with Crippen LogP contribution in [0.1, 0.15) is 41.0 Å². The van der Waals surface area contributed by atoms with Crippen molar-refractivity contribution in [2.75, 3.05) is 6.54 Å². The van der Waals surface area contributed by atoms with Crippen molar-refractivity contribution >= 4 is 10.9 Å². The van der Waals surface area contributed by atoms with Crippen molar-refractivity contribution in [1.29, 1.82) is 0 Å². The largest absolute Gasteiger partial charge is 0.215 e. The highest BCUT2D eigenvalue weighted by molar-refractivity contribution is 7.69. The Kier molecular flexibility index (Phi) is 3.82. The lowest BCUT2D eigenvalue weighted by Crippen LogP contribution is -2.40. The fourth-order valence-electron chi connectivity index (χ4n) is 2.74. The maximum Gasteiger partial charge on any atom is 0.204 e. The van der Waals surface area contributed by atoms with Gasteiger partial charge in [0.15, 0.2) is 0 Å². The van der Waals surface area contributed by atoms with Crippen LogP contribution in [0.4, 0.5) is 0 Å². The van der Waals surface area contributed by atoms with Crippen molar-refractivity contribution in [2.24, 2.45) is 17.3 Å². The predicted octanol–water partition coefficient (Wildman–Crippen LogP) is 1.91. The molecule has 1 aliphatic heterocycles. The van der Waals surface area contributed by atoms with E-state index in [0.717, 1.165) is 6.42 Å². The summed E-state index contributed by atoms with van der Waals surface area (Å²) in [5.41, 5.74) is 0.190. The molecule has 0 radical (unpaired) electrons. The highest BCUT2D eigenvalue weighted by atomic mass is 32.2. The van der Waals surface area contributed by atoms with Crippen LogP contribution >= 0.6 is 0 Å². The molecule has 0 bridgehead atoms. The minimum atomic E-state index is -2.41. The SMILES string of the molecule is CC(C)C1C(C(C)(C)C)CCN1[SH](=O)=O. The first-order valence-corrected chi connectivity index (χ1v) is 6.79. The van der Waals surface area contributed by atoms with Crippen molar-refractivity contribution in [3.8, 4) is 0 Å². The summed E-state index contributed by atoms with van der Waals surface area (Å²) in [5.74, 6) is 0.870. The zero-order valence-corrected chi connectivity index (χ0v) is 11.3. The Morgan fingerprint density at radius 1 is 1.27 bits per heavy atom. The van der Waals surface area contributed by atoms with E-state index in [2.05, 4.69) is 34.6 Å². The van der Waals surface area contributed by atoms with Gasteiger partial charge in [-0.2, -0.15) is 0 Å². The molecule has 1 heterocycles. The molecule has 4 heteroatoms. The van der Waals surface area contributed by atoms with Crippen LogP contribution in [0.15, 0.2) is 0 Å². The minimum Gasteiger partial charge on any atom is -0.215 e. The van der Waals surface area contributed by atoms with E-state index in [-0.39, 0.29) is 11.5 Å². The molecular formula is C11H23NO2S. The normalized spacial score (nSPS) is 29.3. The highest BCUT2D eigenvalue weighted by Crippen LogP contribution is 2.41. The van der Waals surface area contributed by atoms with E-state index in [1.165, 1.54) is 0 Å². The molecule has 0 amide bonds. The lowest BCUT2D eigenvalue weighted by Gasteiger charge is -2.35. The van der Waals surface area contributed by atoms with Crippen molar-refractivity contribution in [2.45, 2.75) is 47.1 Å². The molecule has 0 spiro atoms. The number of nitrogens with zero attached hydrogens (tertiary/aromatic N) is 1. The van der Waals surface area contributed by atoms with Crippen LogP contribution in [-0.4, -0.2) is 25.3 Å². The van der Waals surface area contributed by atoms with Gasteiger partial charge in [-0.3, -0.25) is 0 Å². The standard InChI is InChI=1S/C11H23NO2S/c1-8(2)10-9(11(3,4)5)6-7-12(10)15(13)14/h8-10,15H,6-7H2,1-5H3. The van der Waals surface area contributed by atoms with Gasteiger partial charge in [-0.15, -0.1) is 0 Å². The summed E-state index contributed by atoms with van der Waals surface area (Å²) in [5, 5.41) is 0. The van der Waals surface area contributed by atoms with Gasteiger partial charge in [-0.05, 0) is 23.7 Å². The van der Waals surface area contributed by atoms with Gasteiger partial charge in [0.25, 0.3) is 0 Å². The van der Waals surface area contributed by atoms with Crippen LogP contribution in [0.5, 0.6) is 0 Å². The second-order valence-corrected chi connectivity index (χ2v) is 6.89. The molecule has 1 fully saturated rings. The summed E-state index contributed by atoms with van der Waals surface area (Å²) in [4.78, 5) is 0. The molecule has 1 saturated heterocycles. The second-order valence-electron chi connectivity index (χ2n) is 5.90. The minimum absolute atomic E-state index is 0.186. The summed E-state index contributed by atoms with van der Waals surface area (Å²) in [6.45, 7) is 11.5. The Morgan fingerprint density at radius 3 is 2.13 bits per heavy atom. The van der Waals surface area contributed by atoms with E-state index in [1.54, 1.807) is 4.31 Å². The van der Waals surface area contributed by atoms with Gasteiger partial charge in [-0.25, -0.2) is 12.7 Å². The third kappa shape index (κ3) is 2.72. The summed E-state index contributed by atoms with van der Waals surface area (Å²) in [7, 11) is -2.41. The topological polar surface area (TPSA) is 37.4 Å². The summed E-state index contributed by atoms with van der Waals surface area (Å²) >= 11 is 0. The highest BCUT2D eigenvalue weighted by Gasteiger charge is 2.43. The number of hydrogen-bond acceptors (Lipinski definition) is 2. The zero-order chi connectivity index (χ0) is 11.8. The smallest absolute Gasteiger partial charge is 0.204 e. The maximum absolute atomic E-state index is 11.2. The first-order chi connectivity index (χ1) is 6.75. The van der Waals surface area contributed by atoms with Gasteiger partial charge in [0, 0.05) is 12.6 Å². The van der Waals surface area contributed by atoms with E-state index in [9.17, 15) is 8.42 Å². The summed E-state index contributed by atoms with van der Waals surface area (Å²) in [6, 6.07) is 0.186. The monoisotopic (exact) mass is 233 g/mol. The van der Waals surface area contributed by atoms with Crippen molar-refractivity contribution in [3.63, 3.8) is 0 Å². The molecule has 2 atom stereocenters. The van der Waals surface area contributed by atoms with Crippen molar-refractivity contribution < 1.29 is 8.42 Å². The number of hydrogen-bond donors (Lipinski definition) is 1. The Morgan fingerprint density at radius 2 is 1.80 bits per heavy atom. The van der Waals surface area contributed by atoms with Crippen LogP contribution in [0.2, 0.25) is 0 Å². The van der Waals surface area contributed by atoms with E-state index in [4.69, 9.17) is 0 Å². The fourth-order valence-corrected chi connectivity index (χ4v) is 3.67. The summed E-state index contributed by atoms with van der Waals surface area (Å²) in [6.07, 6.45) is 0.996. The van der Waals surface area contributed by atoms with E-state index in [0.29, 0.717) is 18.4 Å². The van der Waals surface area contributed by atoms with E-state index >= 15 is 0 Å². The molecule has 0 aromatic heterocycles. The lowest BCUT2D eigenvalue weighted by molar-refractivity contribution is 0.159. The van der Waals surface area contributed by atoms with E-state index < -0.39 is 10.9 Å². The van der Waals surface area contributed by atoms with Gasteiger partial charge in [0.05, 0.1) is 0 Å². The molecule has 0 aliphatic carbocycles. The third-order valence-electron chi connectivity index (χ3n) is 3.43. The molecule has 0 saturated carbocycles. The van der Waals surface area contributed by atoms with Crippen LogP contribution in [0, 0.1) is 17.3 Å². The fraction of sp³-hybridized carbons (Fsp3) is 1.00. The zero-order valence-electron chi connectivity index (χ0n) is 10.4. The van der Waals surface area contributed by atoms with Gasteiger partial charge in [-0.1, -0.05) is 34.6 Å². The molecular weight excluding hydrogens is 210 g/mol. The van der Waals surface area contributed by atoms with Crippen LogP contribution < -0.4 is 0 Å². The van der Waals surface area contributed by atoms with Crippen LogP contribution in [0.3, 0.4) is 0 Å². The molecule has 2 unspecified atom stereocenters. The Hall–Kier alpha value is -0.0900. The van der Waals surface area contributed by atoms with Gasteiger partial charge in [0.2, 0.25) is 10.9 Å². The number of rotatable bonds is 2. The maximum atomic E-state index is 11.2. The summed E-state index contributed by atoms with van der Waals surface area (Å²) < 4.78 is 24.0. The number of thiol groups is 1. The van der Waals surface area contributed by atoms with Gasteiger partial charge < -0.3 is 0 Å². The van der Waals surface area contributed by atoms with Gasteiger partial charge in [0.1, 0.15) is 0 Å². The van der Waals surface area contributed by atoms with Crippen molar-refractivity contribution in [1.82, 2.24) is 4.31 Å². The lowest BCUT2D eigenvalue weighted by atomic mass is 9.73. The Bertz CT molecular complexity index is 283. The third-order valence-corrected chi connectivity index (χ3v) is 4.32. The Balaban J connectivity index is 2.95. The molecule has 1 rings (SSSR count). The molecule has 3 nitrogen and oxygen atoms in total. The molecule has 90 valence electrons. The molecule has 15 heavy (non-hydrogen) atoms. The van der Waals surface area contributed by atoms with Gasteiger partial charge >= 0.3 is 0 Å². The van der Waals surface area contributed by atoms with Crippen molar-refractivity contribution in [3.05, 3.63) is 0 Å². The first kappa shape index (κ1) is 13.0. The first-order valence-electron chi connectivity index (χ1n) is 5.66. The average molecular weight is 233 g/mol. The quantitative estimate of drug-likeness (QED) is 0.740. The van der Waals surface area contributed by atoms with E-state index in [1.807, 2.05) is 0 Å². The second kappa shape index (κ2) is 4.42. The molecule has 0 aromatic rings. The predicted molar refractivity (Wildman–Crippen MR) is 63.2 cm³/mol. The Labute approximate surface area is 94.9 Å². The molecule has 1 aliphatic rings. The molecule has 0 N–H and O–H groups in total. The van der Waals surface area contributed by atoms with Crippen LogP contribution in [-0.2, 0) is 10.9 Å². The average Bonchev–Trinajstić information content (AvgIpc) is 2.45.